The molecule has 1 aromatic carbocycles. The zero-order valence-electron chi connectivity index (χ0n) is 17.3. The molecule has 0 fully saturated rings. The molecule has 7 nitrogen and oxygen atoms in total. The Morgan fingerprint density at radius 1 is 1.17 bits per heavy atom. The third kappa shape index (κ3) is 8.35. The molecule has 0 aliphatic heterocycles. The van der Waals surface area contributed by atoms with E-state index in [2.05, 4.69) is 22.2 Å². The second kappa shape index (κ2) is 13.9. The molecule has 3 N–H and O–H groups in total. The van der Waals surface area contributed by atoms with Crippen LogP contribution in [0.5, 0.6) is 17.4 Å². The average molecular weight is 514 g/mol. The summed E-state index contributed by atoms with van der Waals surface area (Å²) < 4.78 is 16.3. The Hall–Kier alpha value is -2.23. The van der Waals surface area contributed by atoms with Gasteiger partial charge in [-0.2, -0.15) is 0 Å². The van der Waals surface area contributed by atoms with Gasteiger partial charge in [-0.15, -0.1) is 24.0 Å². The summed E-state index contributed by atoms with van der Waals surface area (Å²) in [5.41, 5.74) is 8.03. The summed E-state index contributed by atoms with van der Waals surface area (Å²) in [5, 5.41) is 3.13. The largest absolute Gasteiger partial charge is 0.493 e. The van der Waals surface area contributed by atoms with Gasteiger partial charge in [-0.25, -0.2) is 9.98 Å². The fraction of sp³-hybridized carbons (Fsp3) is 0.429. The highest BCUT2D eigenvalue weighted by molar-refractivity contribution is 14.0. The summed E-state index contributed by atoms with van der Waals surface area (Å²) in [7, 11) is 3.25. The Bertz CT molecular complexity index is 771. The lowest BCUT2D eigenvalue weighted by Crippen LogP contribution is -2.33. The number of nitrogens with one attached hydrogen (secondary N) is 1. The molecule has 0 amide bonds. The van der Waals surface area contributed by atoms with Gasteiger partial charge in [0.1, 0.15) is 0 Å². The summed E-state index contributed by atoms with van der Waals surface area (Å²) >= 11 is 0. The number of ether oxygens (including phenoxy) is 3. The highest BCUT2D eigenvalue weighted by Crippen LogP contribution is 2.27. The molecule has 0 atom stereocenters. The maximum atomic E-state index is 5.99. The Morgan fingerprint density at radius 3 is 2.69 bits per heavy atom. The van der Waals surface area contributed by atoms with E-state index >= 15 is 0 Å². The van der Waals surface area contributed by atoms with Gasteiger partial charge in [0.05, 0.1) is 27.4 Å². The number of benzene rings is 1. The number of guanidine groups is 1. The molecule has 1 aromatic heterocycles. The van der Waals surface area contributed by atoms with Gasteiger partial charge in [0.2, 0.25) is 5.88 Å². The number of methoxy groups -OCH3 is 2. The molecule has 8 heteroatoms. The van der Waals surface area contributed by atoms with E-state index in [1.165, 1.54) is 0 Å². The first-order valence-corrected chi connectivity index (χ1v) is 9.49. The first-order valence-electron chi connectivity index (χ1n) is 9.49. The molecule has 0 aliphatic rings. The maximum Gasteiger partial charge on any atom is 0.218 e. The van der Waals surface area contributed by atoms with E-state index in [-0.39, 0.29) is 24.0 Å². The Labute approximate surface area is 190 Å². The van der Waals surface area contributed by atoms with E-state index in [9.17, 15) is 0 Å². The van der Waals surface area contributed by atoms with Crippen LogP contribution in [0.3, 0.4) is 0 Å². The standard InChI is InChI=1S/C21H30N4O3.HI/c1-4-5-13-28-20-17(7-6-11-23-20)15-25-21(22)24-12-10-16-8-9-18(26-2)19(14-16)27-3;/h6-9,11,14H,4-5,10,12-13,15H2,1-3H3,(H3,22,24,25);1H. The van der Waals surface area contributed by atoms with Crippen LogP contribution in [-0.2, 0) is 13.0 Å². The number of halogens is 1. The van der Waals surface area contributed by atoms with E-state index in [1.807, 2.05) is 30.3 Å². The topological polar surface area (TPSA) is 91.0 Å². The quantitative estimate of drug-likeness (QED) is 0.206. The smallest absolute Gasteiger partial charge is 0.218 e. The van der Waals surface area contributed by atoms with Gasteiger partial charge < -0.3 is 25.3 Å². The number of pyridine rings is 1. The lowest BCUT2D eigenvalue weighted by atomic mass is 10.1. The molecular weight excluding hydrogens is 483 g/mol. The van der Waals surface area contributed by atoms with Gasteiger partial charge in [-0.1, -0.05) is 25.5 Å². The third-order valence-corrected chi connectivity index (χ3v) is 4.17. The van der Waals surface area contributed by atoms with Crippen molar-refractivity contribution in [2.45, 2.75) is 32.7 Å². The SMILES string of the molecule is CCCCOc1ncccc1CN=C(N)NCCc1ccc(OC)c(OC)c1.I. The number of hydrogen-bond donors (Lipinski definition) is 2. The predicted octanol–water partition coefficient (Wildman–Crippen LogP) is 3.54. The minimum Gasteiger partial charge on any atom is -0.493 e. The molecule has 0 spiro atoms. The second-order valence-electron chi connectivity index (χ2n) is 6.24. The van der Waals surface area contributed by atoms with Crippen molar-refractivity contribution in [2.24, 2.45) is 10.7 Å². The van der Waals surface area contributed by atoms with Gasteiger partial charge >= 0.3 is 0 Å². The van der Waals surface area contributed by atoms with Crippen molar-refractivity contribution in [1.29, 1.82) is 0 Å². The van der Waals surface area contributed by atoms with Gasteiger partial charge in [-0.3, -0.25) is 0 Å². The van der Waals surface area contributed by atoms with Crippen LogP contribution in [0.25, 0.3) is 0 Å². The van der Waals surface area contributed by atoms with Crippen LogP contribution in [0.15, 0.2) is 41.5 Å². The van der Waals surface area contributed by atoms with Crippen LogP contribution in [0.4, 0.5) is 0 Å². The third-order valence-electron chi connectivity index (χ3n) is 4.17. The maximum absolute atomic E-state index is 5.99. The summed E-state index contributed by atoms with van der Waals surface area (Å²) in [4.78, 5) is 8.68. The predicted molar refractivity (Wildman–Crippen MR) is 127 cm³/mol. The highest BCUT2D eigenvalue weighted by Gasteiger charge is 2.06. The van der Waals surface area contributed by atoms with Crippen molar-refractivity contribution in [3.8, 4) is 17.4 Å². The summed E-state index contributed by atoms with van der Waals surface area (Å²) in [6.45, 7) is 3.87. The van der Waals surface area contributed by atoms with Crippen LogP contribution < -0.4 is 25.3 Å². The van der Waals surface area contributed by atoms with Crippen LogP contribution in [-0.4, -0.2) is 38.3 Å². The van der Waals surface area contributed by atoms with Crippen molar-refractivity contribution in [2.75, 3.05) is 27.4 Å². The number of nitrogens with two attached hydrogens (primary N) is 1. The molecule has 0 saturated heterocycles. The molecule has 0 bridgehead atoms. The van der Waals surface area contributed by atoms with Crippen molar-refractivity contribution in [3.63, 3.8) is 0 Å². The van der Waals surface area contributed by atoms with Gasteiger partial charge in [-0.05, 0) is 36.6 Å². The molecule has 1 heterocycles. The number of hydrogen-bond acceptors (Lipinski definition) is 5. The van der Waals surface area contributed by atoms with E-state index in [4.69, 9.17) is 19.9 Å². The fourth-order valence-corrected chi connectivity index (χ4v) is 2.58. The molecule has 0 unspecified atom stereocenters. The van der Waals surface area contributed by atoms with E-state index < -0.39 is 0 Å². The number of aliphatic imine (C=N–C) groups is 1. The Balaban J connectivity index is 0.00000420. The molecule has 160 valence electrons. The molecule has 2 aromatic rings. The van der Waals surface area contributed by atoms with Gasteiger partial charge in [0.15, 0.2) is 17.5 Å². The Kier molecular flexibility index (Phi) is 11.9. The summed E-state index contributed by atoms with van der Waals surface area (Å²) in [5.74, 6) is 2.45. The average Bonchev–Trinajstić information content (AvgIpc) is 2.73. The van der Waals surface area contributed by atoms with Gasteiger partial charge in [0.25, 0.3) is 0 Å². The van der Waals surface area contributed by atoms with Crippen molar-refractivity contribution < 1.29 is 14.2 Å². The molecule has 0 saturated carbocycles. The number of aromatic nitrogens is 1. The minimum atomic E-state index is 0. The van der Waals surface area contributed by atoms with Crippen molar-refractivity contribution >= 4 is 29.9 Å². The summed E-state index contributed by atoms with van der Waals surface area (Å²) in [6.07, 6.45) is 4.59. The van der Waals surface area contributed by atoms with Crippen LogP contribution in [0, 0.1) is 0 Å². The lowest BCUT2D eigenvalue weighted by molar-refractivity contribution is 0.294. The Morgan fingerprint density at radius 2 is 1.97 bits per heavy atom. The lowest BCUT2D eigenvalue weighted by Gasteiger charge is -2.11. The van der Waals surface area contributed by atoms with E-state index in [0.29, 0.717) is 43.0 Å². The molecule has 29 heavy (non-hydrogen) atoms. The van der Waals surface area contributed by atoms with Crippen molar-refractivity contribution in [1.82, 2.24) is 10.3 Å². The van der Waals surface area contributed by atoms with Crippen LogP contribution in [0.2, 0.25) is 0 Å². The molecule has 2 rings (SSSR count). The number of rotatable bonds is 11. The van der Waals surface area contributed by atoms with E-state index in [0.717, 1.165) is 30.4 Å². The monoisotopic (exact) mass is 514 g/mol. The number of unbranched alkanes of at least 4 members (excludes halogenated alkanes) is 1. The normalized spacial score (nSPS) is 10.8. The molecular formula is C21H31IN4O3. The molecule has 0 radical (unpaired) electrons. The first-order chi connectivity index (χ1) is 13.7. The molecule has 0 aliphatic carbocycles. The van der Waals surface area contributed by atoms with Gasteiger partial charge in [0, 0.05) is 18.3 Å². The van der Waals surface area contributed by atoms with Crippen molar-refractivity contribution in [3.05, 3.63) is 47.7 Å². The zero-order chi connectivity index (χ0) is 20.2. The summed E-state index contributed by atoms with van der Waals surface area (Å²) in [6, 6.07) is 9.69. The van der Waals surface area contributed by atoms with Crippen LogP contribution in [0.1, 0.15) is 30.9 Å². The van der Waals surface area contributed by atoms with Crippen LogP contribution >= 0.6 is 24.0 Å². The highest BCUT2D eigenvalue weighted by atomic mass is 127. The fourth-order valence-electron chi connectivity index (χ4n) is 2.58. The van der Waals surface area contributed by atoms with E-state index in [1.54, 1.807) is 20.4 Å². The second-order valence-corrected chi connectivity index (χ2v) is 6.24. The minimum absolute atomic E-state index is 0. The first kappa shape index (κ1) is 24.8. The zero-order valence-corrected chi connectivity index (χ0v) is 19.6. The number of nitrogens with zero attached hydrogens (tertiary/aromatic N) is 2.